The van der Waals surface area contributed by atoms with Gasteiger partial charge in [-0.25, -0.2) is 9.59 Å². The third-order valence-corrected chi connectivity index (χ3v) is 5.07. The van der Waals surface area contributed by atoms with Gasteiger partial charge >= 0.3 is 12.1 Å². The Morgan fingerprint density at radius 2 is 1.90 bits per heavy atom. The van der Waals surface area contributed by atoms with Crippen molar-refractivity contribution < 1.29 is 19.4 Å². The van der Waals surface area contributed by atoms with Gasteiger partial charge in [-0.15, -0.1) is 0 Å². The quantitative estimate of drug-likeness (QED) is 0.704. The van der Waals surface area contributed by atoms with E-state index in [1.807, 2.05) is 31.5 Å². The van der Waals surface area contributed by atoms with Gasteiger partial charge in [0.05, 0.1) is 17.1 Å². The van der Waals surface area contributed by atoms with Crippen LogP contribution >= 0.6 is 0 Å². The molecule has 1 aliphatic rings. The lowest BCUT2D eigenvalue weighted by atomic mass is 10.1. The van der Waals surface area contributed by atoms with Crippen LogP contribution in [0.5, 0.6) is 0 Å². The van der Waals surface area contributed by atoms with Crippen LogP contribution in [0.15, 0.2) is 42.7 Å². The Balaban J connectivity index is 1.65. The first-order chi connectivity index (χ1) is 14.2. The summed E-state index contributed by atoms with van der Waals surface area (Å²) in [7, 11) is 0. The molecule has 156 valence electrons. The normalized spacial score (nSPS) is 16.8. The first-order valence-electron chi connectivity index (χ1n) is 9.87. The first-order valence-corrected chi connectivity index (χ1v) is 9.87. The summed E-state index contributed by atoms with van der Waals surface area (Å²) >= 11 is 0. The predicted molar refractivity (Wildman–Crippen MR) is 111 cm³/mol. The summed E-state index contributed by atoms with van der Waals surface area (Å²) in [6, 6.07) is 8.58. The number of rotatable bonds is 3. The van der Waals surface area contributed by atoms with Crippen molar-refractivity contribution in [3.63, 3.8) is 0 Å². The number of carboxylic acids is 1. The zero-order valence-corrected chi connectivity index (χ0v) is 17.2. The van der Waals surface area contributed by atoms with E-state index in [-0.39, 0.29) is 17.7 Å². The number of benzene rings is 1. The van der Waals surface area contributed by atoms with E-state index in [0.29, 0.717) is 13.1 Å². The number of aromatic carboxylic acids is 1. The van der Waals surface area contributed by atoms with Crippen molar-refractivity contribution in [2.24, 2.45) is 0 Å². The number of aromatic nitrogens is 3. The van der Waals surface area contributed by atoms with Gasteiger partial charge in [0.15, 0.2) is 0 Å². The van der Waals surface area contributed by atoms with Crippen LogP contribution < -0.4 is 0 Å². The molecule has 4 rings (SSSR count). The number of ether oxygens (including phenoxy) is 1. The van der Waals surface area contributed by atoms with Gasteiger partial charge in [0.1, 0.15) is 11.3 Å². The van der Waals surface area contributed by atoms with Gasteiger partial charge in [-0.05, 0) is 45.4 Å². The zero-order valence-electron chi connectivity index (χ0n) is 17.2. The van der Waals surface area contributed by atoms with Gasteiger partial charge in [-0.1, -0.05) is 12.1 Å². The van der Waals surface area contributed by atoms with Gasteiger partial charge in [-0.3, -0.25) is 9.67 Å². The topological polar surface area (TPSA) is 97.6 Å². The fourth-order valence-corrected chi connectivity index (χ4v) is 3.68. The smallest absolute Gasteiger partial charge is 0.410 e. The average Bonchev–Trinajstić information content (AvgIpc) is 3.32. The molecule has 1 fully saturated rings. The molecule has 0 bridgehead atoms. The number of amides is 1. The molecule has 2 aromatic heterocycles. The second kappa shape index (κ2) is 7.44. The number of carboxylic acid groups (broad SMARTS) is 1. The van der Waals surface area contributed by atoms with Crippen LogP contribution in [0.25, 0.3) is 22.2 Å². The number of pyridine rings is 1. The van der Waals surface area contributed by atoms with Gasteiger partial charge in [-0.2, -0.15) is 5.10 Å². The molecule has 0 unspecified atom stereocenters. The molecular weight excluding hydrogens is 384 g/mol. The third kappa shape index (κ3) is 3.85. The minimum Gasteiger partial charge on any atom is -0.478 e. The van der Waals surface area contributed by atoms with Crippen molar-refractivity contribution in [3.05, 3.63) is 48.3 Å². The molecule has 1 atom stereocenters. The Hall–Kier alpha value is -3.42. The highest BCUT2D eigenvalue weighted by molar-refractivity contribution is 5.94. The molecule has 0 saturated carbocycles. The molecule has 1 N–H and O–H groups in total. The number of carbonyl (C=O) groups is 2. The molecule has 30 heavy (non-hydrogen) atoms. The molecule has 0 aliphatic carbocycles. The average molecular weight is 408 g/mol. The minimum atomic E-state index is -0.966. The standard InChI is InChI=1S/C22H24N4O4/c1-22(2,3)30-21(29)25-11-9-16(13-25)26-18-8-10-23-12-17(18)19(24-26)14-4-6-15(7-5-14)20(27)28/h4-8,10,12,16H,9,11,13H2,1-3H3,(H,27,28)/t16-/m1/s1. The van der Waals surface area contributed by atoms with Crippen LogP contribution in [0.4, 0.5) is 4.79 Å². The maximum Gasteiger partial charge on any atom is 0.410 e. The number of hydrogen-bond donors (Lipinski definition) is 1. The Kier molecular flexibility index (Phi) is 4.93. The van der Waals surface area contributed by atoms with Crippen molar-refractivity contribution in [2.45, 2.75) is 38.8 Å². The van der Waals surface area contributed by atoms with E-state index in [1.165, 1.54) is 0 Å². The Morgan fingerprint density at radius 1 is 1.17 bits per heavy atom. The first kappa shape index (κ1) is 19.9. The highest BCUT2D eigenvalue weighted by Crippen LogP contribution is 2.32. The highest BCUT2D eigenvalue weighted by Gasteiger charge is 2.32. The second-order valence-corrected chi connectivity index (χ2v) is 8.44. The molecule has 3 aromatic rings. The largest absolute Gasteiger partial charge is 0.478 e. The van der Waals surface area contributed by atoms with Gasteiger partial charge in [0, 0.05) is 36.4 Å². The van der Waals surface area contributed by atoms with Crippen molar-refractivity contribution in [1.29, 1.82) is 0 Å². The van der Waals surface area contributed by atoms with Crippen molar-refractivity contribution in [1.82, 2.24) is 19.7 Å². The molecule has 1 aliphatic heterocycles. The monoisotopic (exact) mass is 408 g/mol. The third-order valence-electron chi connectivity index (χ3n) is 5.07. The fourth-order valence-electron chi connectivity index (χ4n) is 3.68. The summed E-state index contributed by atoms with van der Waals surface area (Å²) in [6.07, 6.45) is 3.95. The van der Waals surface area contributed by atoms with Crippen LogP contribution in [-0.2, 0) is 4.74 Å². The lowest BCUT2D eigenvalue weighted by Gasteiger charge is -2.24. The summed E-state index contributed by atoms with van der Waals surface area (Å²) in [5, 5.41) is 14.9. The molecule has 0 radical (unpaired) electrons. The Labute approximate surface area is 174 Å². The van der Waals surface area contributed by atoms with Crippen LogP contribution in [0.1, 0.15) is 43.6 Å². The Morgan fingerprint density at radius 3 is 2.57 bits per heavy atom. The maximum atomic E-state index is 12.4. The lowest BCUT2D eigenvalue weighted by molar-refractivity contribution is 0.0288. The molecule has 1 aromatic carbocycles. The number of carbonyl (C=O) groups excluding carboxylic acids is 1. The van der Waals surface area contributed by atoms with Crippen LogP contribution in [0.2, 0.25) is 0 Å². The van der Waals surface area contributed by atoms with Crippen LogP contribution in [-0.4, -0.2) is 55.5 Å². The van der Waals surface area contributed by atoms with E-state index in [9.17, 15) is 9.59 Å². The van der Waals surface area contributed by atoms with Crippen LogP contribution in [0, 0.1) is 0 Å². The molecule has 1 amide bonds. The lowest BCUT2D eigenvalue weighted by Crippen LogP contribution is -2.35. The summed E-state index contributed by atoms with van der Waals surface area (Å²) in [5.41, 5.74) is 2.18. The predicted octanol–water partition coefficient (Wildman–Crippen LogP) is 3.98. The second-order valence-electron chi connectivity index (χ2n) is 8.44. The molecular formula is C22H24N4O4. The number of fused-ring (bicyclic) bond motifs is 1. The maximum absolute atomic E-state index is 12.4. The zero-order chi connectivity index (χ0) is 21.5. The van der Waals surface area contributed by atoms with Gasteiger partial charge in [0.2, 0.25) is 0 Å². The van der Waals surface area contributed by atoms with E-state index in [1.54, 1.807) is 41.6 Å². The summed E-state index contributed by atoms with van der Waals surface area (Å²) in [6.45, 7) is 6.69. The Bertz CT molecular complexity index is 1100. The molecule has 1 saturated heterocycles. The van der Waals surface area contributed by atoms with Crippen molar-refractivity contribution in [3.8, 4) is 11.3 Å². The molecule has 3 heterocycles. The SMILES string of the molecule is CC(C)(C)OC(=O)N1CC[C@@H](n2nc(-c3ccc(C(=O)O)cc3)c3cnccc32)C1. The van der Waals surface area contributed by atoms with E-state index < -0.39 is 11.6 Å². The van der Waals surface area contributed by atoms with E-state index in [2.05, 4.69) is 4.98 Å². The summed E-state index contributed by atoms with van der Waals surface area (Å²) in [4.78, 5) is 29.5. The van der Waals surface area contributed by atoms with E-state index >= 15 is 0 Å². The van der Waals surface area contributed by atoms with Crippen molar-refractivity contribution >= 4 is 23.0 Å². The molecule has 8 nitrogen and oxygen atoms in total. The van der Waals surface area contributed by atoms with E-state index in [4.69, 9.17) is 14.9 Å². The minimum absolute atomic E-state index is 0.0226. The van der Waals surface area contributed by atoms with Crippen molar-refractivity contribution in [2.75, 3.05) is 13.1 Å². The number of nitrogens with zero attached hydrogens (tertiary/aromatic N) is 4. The van der Waals surface area contributed by atoms with Crippen LogP contribution in [0.3, 0.4) is 0 Å². The number of hydrogen-bond acceptors (Lipinski definition) is 5. The molecule has 0 spiro atoms. The summed E-state index contributed by atoms with van der Waals surface area (Å²) in [5.74, 6) is -0.966. The molecule has 8 heteroatoms. The number of likely N-dealkylation sites (tertiary alicyclic amines) is 1. The highest BCUT2D eigenvalue weighted by atomic mass is 16.6. The van der Waals surface area contributed by atoms with E-state index in [0.717, 1.165) is 28.6 Å². The fraction of sp³-hybridized carbons (Fsp3) is 0.364. The van der Waals surface area contributed by atoms with Gasteiger partial charge in [0.25, 0.3) is 0 Å². The van der Waals surface area contributed by atoms with Gasteiger partial charge < -0.3 is 14.7 Å². The summed E-state index contributed by atoms with van der Waals surface area (Å²) < 4.78 is 7.44.